The fourth-order valence-corrected chi connectivity index (χ4v) is 1.81. The largest absolute Gasteiger partial charge is 0.493 e. The van der Waals surface area contributed by atoms with Gasteiger partial charge in [-0.15, -0.1) is 0 Å². The van der Waals surface area contributed by atoms with Crippen molar-refractivity contribution in [3.8, 4) is 11.5 Å². The smallest absolute Gasteiger partial charge is 0.433 e. The van der Waals surface area contributed by atoms with Crippen molar-refractivity contribution in [2.24, 2.45) is 0 Å². The van der Waals surface area contributed by atoms with Gasteiger partial charge in [0.2, 0.25) is 5.95 Å². The van der Waals surface area contributed by atoms with Crippen molar-refractivity contribution in [2.45, 2.75) is 19.2 Å². The van der Waals surface area contributed by atoms with Crippen LogP contribution in [0.25, 0.3) is 0 Å². The molecule has 0 aliphatic heterocycles. The van der Waals surface area contributed by atoms with E-state index in [1.54, 1.807) is 25.1 Å². The fourth-order valence-electron chi connectivity index (χ4n) is 1.81. The first kappa shape index (κ1) is 16.9. The number of nitrogens with zero attached hydrogens (tertiary/aromatic N) is 2. The average molecular weight is 327 g/mol. The molecule has 0 bridgehead atoms. The van der Waals surface area contributed by atoms with E-state index in [1.165, 1.54) is 7.11 Å². The van der Waals surface area contributed by atoms with Crippen molar-refractivity contribution in [1.29, 1.82) is 0 Å². The Balaban J connectivity index is 1.95. The molecule has 8 heteroatoms. The second-order valence-electron chi connectivity index (χ2n) is 4.72. The number of hydrogen-bond donors (Lipinski definition) is 1. The summed E-state index contributed by atoms with van der Waals surface area (Å²) < 4.78 is 48.6. The number of halogens is 3. The molecule has 0 amide bonds. The molecule has 0 aliphatic rings. The maximum Gasteiger partial charge on any atom is 0.433 e. The topological polar surface area (TPSA) is 56.3 Å². The summed E-state index contributed by atoms with van der Waals surface area (Å²) in [6.07, 6.45) is -3.77. The molecule has 1 aromatic carbocycles. The third-order valence-corrected chi connectivity index (χ3v) is 2.89. The number of rotatable bonds is 6. The van der Waals surface area contributed by atoms with Gasteiger partial charge in [0, 0.05) is 6.20 Å². The molecule has 0 radical (unpaired) electrons. The molecular formula is C15H16F3N3O2. The molecule has 1 heterocycles. The Morgan fingerprint density at radius 1 is 1.17 bits per heavy atom. The number of para-hydroxylation sites is 2. The molecule has 124 valence electrons. The van der Waals surface area contributed by atoms with Crippen LogP contribution in [0.3, 0.4) is 0 Å². The van der Waals surface area contributed by atoms with Crippen molar-refractivity contribution in [1.82, 2.24) is 9.97 Å². The summed E-state index contributed by atoms with van der Waals surface area (Å²) in [6, 6.07) is 7.93. The van der Waals surface area contributed by atoms with Crippen LogP contribution in [0.4, 0.5) is 19.1 Å². The lowest BCUT2D eigenvalue weighted by Gasteiger charge is -2.17. The Morgan fingerprint density at radius 2 is 1.87 bits per heavy atom. The summed E-state index contributed by atoms with van der Waals surface area (Å²) in [5.74, 6) is 1.03. The number of anilines is 1. The van der Waals surface area contributed by atoms with Gasteiger partial charge in [-0.3, -0.25) is 0 Å². The van der Waals surface area contributed by atoms with Gasteiger partial charge >= 0.3 is 6.18 Å². The van der Waals surface area contributed by atoms with Crippen molar-refractivity contribution >= 4 is 5.95 Å². The Morgan fingerprint density at radius 3 is 2.52 bits per heavy atom. The Kier molecular flexibility index (Phi) is 5.25. The second-order valence-corrected chi connectivity index (χ2v) is 4.72. The van der Waals surface area contributed by atoms with E-state index in [4.69, 9.17) is 9.47 Å². The van der Waals surface area contributed by atoms with E-state index >= 15 is 0 Å². The molecule has 1 unspecified atom stereocenters. The van der Waals surface area contributed by atoms with Gasteiger partial charge in [0.25, 0.3) is 0 Å². The molecule has 0 saturated carbocycles. The van der Waals surface area contributed by atoms with Crippen LogP contribution in [0, 0.1) is 0 Å². The normalized spacial score (nSPS) is 12.6. The van der Waals surface area contributed by atoms with E-state index in [0.717, 1.165) is 12.3 Å². The average Bonchev–Trinajstić information content (AvgIpc) is 2.53. The highest BCUT2D eigenvalue weighted by atomic mass is 19.4. The minimum atomic E-state index is -4.50. The van der Waals surface area contributed by atoms with Crippen molar-refractivity contribution < 1.29 is 22.6 Å². The summed E-state index contributed by atoms with van der Waals surface area (Å²) in [6.45, 7) is 2.01. The number of aromatic nitrogens is 2. The minimum absolute atomic E-state index is 0.102. The second kappa shape index (κ2) is 7.17. The van der Waals surface area contributed by atoms with Crippen molar-refractivity contribution in [2.75, 3.05) is 19.0 Å². The first-order valence-electron chi connectivity index (χ1n) is 6.84. The Hall–Kier alpha value is -2.51. The van der Waals surface area contributed by atoms with Gasteiger partial charge in [0.05, 0.1) is 13.7 Å². The van der Waals surface area contributed by atoms with E-state index in [-0.39, 0.29) is 18.6 Å². The van der Waals surface area contributed by atoms with Gasteiger partial charge in [-0.25, -0.2) is 9.97 Å². The lowest BCUT2D eigenvalue weighted by Crippen LogP contribution is -2.24. The molecule has 5 nitrogen and oxygen atoms in total. The van der Waals surface area contributed by atoms with Gasteiger partial charge in [-0.1, -0.05) is 12.1 Å². The highest BCUT2D eigenvalue weighted by Crippen LogP contribution is 2.28. The van der Waals surface area contributed by atoms with E-state index in [9.17, 15) is 13.2 Å². The van der Waals surface area contributed by atoms with Gasteiger partial charge in [-0.05, 0) is 25.1 Å². The number of nitrogens with one attached hydrogen (secondary N) is 1. The maximum atomic E-state index is 12.6. The SMILES string of the molecule is COc1ccccc1OC(C)CNc1nccc(C(F)(F)F)n1. The zero-order valence-electron chi connectivity index (χ0n) is 12.6. The maximum absolute atomic E-state index is 12.6. The zero-order chi connectivity index (χ0) is 16.9. The van der Waals surface area contributed by atoms with Crippen LogP contribution in [-0.2, 0) is 6.18 Å². The Labute approximate surface area is 131 Å². The standard InChI is InChI=1S/C15H16F3N3O2/c1-10(23-12-6-4-3-5-11(12)22-2)9-20-14-19-8-7-13(21-14)15(16,17)18/h3-8,10H,9H2,1-2H3,(H,19,20,21). The van der Waals surface area contributed by atoms with Crippen LogP contribution in [0.1, 0.15) is 12.6 Å². The molecule has 1 aromatic heterocycles. The number of alkyl halides is 3. The quantitative estimate of drug-likeness (QED) is 0.881. The first-order valence-corrected chi connectivity index (χ1v) is 6.84. The summed E-state index contributed by atoms with van der Waals surface area (Å²) in [5.41, 5.74) is -0.992. The molecule has 23 heavy (non-hydrogen) atoms. The predicted molar refractivity (Wildman–Crippen MR) is 78.6 cm³/mol. The number of hydrogen-bond acceptors (Lipinski definition) is 5. The summed E-state index contributed by atoms with van der Waals surface area (Å²) >= 11 is 0. The van der Waals surface area contributed by atoms with Gasteiger partial charge in [-0.2, -0.15) is 13.2 Å². The Bertz CT molecular complexity index is 650. The summed E-state index contributed by atoms with van der Waals surface area (Å²) in [5, 5.41) is 2.73. The van der Waals surface area contributed by atoms with Crippen LogP contribution >= 0.6 is 0 Å². The number of ether oxygens (including phenoxy) is 2. The van der Waals surface area contributed by atoms with Crippen LogP contribution in [0.2, 0.25) is 0 Å². The number of benzene rings is 1. The van der Waals surface area contributed by atoms with Crippen LogP contribution in [0.15, 0.2) is 36.5 Å². The fraction of sp³-hybridized carbons (Fsp3) is 0.333. The van der Waals surface area contributed by atoms with Crippen molar-refractivity contribution in [3.63, 3.8) is 0 Å². The monoisotopic (exact) mass is 327 g/mol. The molecule has 1 atom stereocenters. The van der Waals surface area contributed by atoms with Gasteiger partial charge < -0.3 is 14.8 Å². The molecule has 0 fully saturated rings. The molecule has 2 aromatic rings. The molecule has 0 saturated heterocycles. The third-order valence-electron chi connectivity index (χ3n) is 2.89. The van der Waals surface area contributed by atoms with Gasteiger partial charge in [0.15, 0.2) is 11.5 Å². The molecule has 1 N–H and O–H groups in total. The highest BCUT2D eigenvalue weighted by Gasteiger charge is 2.32. The van der Waals surface area contributed by atoms with Gasteiger partial charge in [0.1, 0.15) is 11.8 Å². The lowest BCUT2D eigenvalue weighted by atomic mass is 10.3. The molecule has 2 rings (SSSR count). The van der Waals surface area contributed by atoms with Crippen molar-refractivity contribution in [3.05, 3.63) is 42.2 Å². The minimum Gasteiger partial charge on any atom is -0.493 e. The van der Waals surface area contributed by atoms with E-state index in [0.29, 0.717) is 11.5 Å². The zero-order valence-corrected chi connectivity index (χ0v) is 12.6. The summed E-state index contributed by atoms with van der Waals surface area (Å²) in [4.78, 5) is 7.19. The van der Waals surface area contributed by atoms with E-state index < -0.39 is 11.9 Å². The highest BCUT2D eigenvalue weighted by molar-refractivity contribution is 5.39. The van der Waals surface area contributed by atoms with Crippen LogP contribution < -0.4 is 14.8 Å². The van der Waals surface area contributed by atoms with Crippen LogP contribution in [0.5, 0.6) is 11.5 Å². The third kappa shape index (κ3) is 4.73. The first-order chi connectivity index (χ1) is 10.9. The molecule has 0 aliphatic carbocycles. The van der Waals surface area contributed by atoms with E-state index in [1.807, 2.05) is 6.07 Å². The number of methoxy groups -OCH3 is 1. The molecule has 0 spiro atoms. The van der Waals surface area contributed by atoms with E-state index in [2.05, 4.69) is 15.3 Å². The molecular weight excluding hydrogens is 311 g/mol. The van der Waals surface area contributed by atoms with Crippen LogP contribution in [-0.4, -0.2) is 29.7 Å². The predicted octanol–water partition coefficient (Wildman–Crippen LogP) is 3.38. The summed E-state index contributed by atoms with van der Waals surface area (Å²) in [7, 11) is 1.53. The lowest BCUT2D eigenvalue weighted by molar-refractivity contribution is -0.141.